The first kappa shape index (κ1) is 19.4. The van der Waals surface area contributed by atoms with Crippen LogP contribution in [-0.4, -0.2) is 31.4 Å². The topological polar surface area (TPSA) is 73.9 Å². The van der Waals surface area contributed by atoms with E-state index in [9.17, 15) is 9.59 Å². The van der Waals surface area contributed by atoms with Crippen molar-refractivity contribution in [2.24, 2.45) is 0 Å². The van der Waals surface area contributed by atoms with Crippen molar-refractivity contribution in [3.05, 3.63) is 23.8 Å². The number of benzene rings is 1. The maximum absolute atomic E-state index is 12.0. The summed E-state index contributed by atoms with van der Waals surface area (Å²) in [6.45, 7) is 5.44. The van der Waals surface area contributed by atoms with E-state index in [0.717, 1.165) is 5.56 Å². The van der Waals surface area contributed by atoms with Crippen molar-refractivity contribution in [2.45, 2.75) is 39.2 Å². The van der Waals surface area contributed by atoms with E-state index in [0.29, 0.717) is 17.9 Å². The molecular weight excluding hydrogens is 310 g/mol. The van der Waals surface area contributed by atoms with Crippen LogP contribution in [0.1, 0.15) is 32.8 Å². The van der Waals surface area contributed by atoms with Crippen LogP contribution in [0.2, 0.25) is 0 Å². The Balaban J connectivity index is 2.94. The fourth-order valence-corrected chi connectivity index (χ4v) is 1.86. The number of esters is 1. The predicted molar refractivity (Wildman–Crippen MR) is 91.0 cm³/mol. The summed E-state index contributed by atoms with van der Waals surface area (Å²) in [5, 5.41) is 2.68. The fraction of sp³-hybridized carbons (Fsp3) is 0.444. The number of amides is 1. The zero-order valence-electron chi connectivity index (χ0n) is 14.5. The van der Waals surface area contributed by atoms with E-state index in [2.05, 4.69) is 16.0 Å². The molecule has 0 unspecified atom stereocenters. The quantitative estimate of drug-likeness (QED) is 0.639. The van der Waals surface area contributed by atoms with E-state index in [1.807, 2.05) is 0 Å². The highest BCUT2D eigenvalue weighted by molar-refractivity contribution is 5.86. The normalized spacial score (nSPS) is 10.5. The largest absolute Gasteiger partial charge is 0.481 e. The minimum atomic E-state index is -0.617. The van der Waals surface area contributed by atoms with Gasteiger partial charge in [0.25, 0.3) is 0 Å². The van der Waals surface area contributed by atoms with Gasteiger partial charge in [0.2, 0.25) is 0 Å². The molecule has 0 heterocycles. The average molecular weight is 333 g/mol. The molecule has 0 aromatic heterocycles. The number of hydrogen-bond donors (Lipinski definition) is 1. The Morgan fingerprint density at radius 1 is 1.29 bits per heavy atom. The lowest BCUT2D eigenvalue weighted by molar-refractivity contribution is -0.140. The van der Waals surface area contributed by atoms with Gasteiger partial charge in [0.1, 0.15) is 18.0 Å². The molecule has 1 amide bonds. The molecular formula is C18H23NO5. The Hall–Kier alpha value is -2.68. The van der Waals surface area contributed by atoms with E-state index in [-0.39, 0.29) is 19.0 Å². The monoisotopic (exact) mass is 333 g/mol. The minimum absolute atomic E-state index is 0.118. The molecule has 6 nitrogen and oxygen atoms in total. The Labute approximate surface area is 142 Å². The van der Waals surface area contributed by atoms with Crippen molar-refractivity contribution in [3.63, 3.8) is 0 Å². The number of ether oxygens (including phenoxy) is 3. The third-order valence-corrected chi connectivity index (χ3v) is 2.87. The van der Waals surface area contributed by atoms with Gasteiger partial charge >= 0.3 is 12.1 Å². The van der Waals surface area contributed by atoms with Gasteiger partial charge in [-0.2, -0.15) is 0 Å². The number of hydrogen-bond acceptors (Lipinski definition) is 5. The van der Waals surface area contributed by atoms with Gasteiger partial charge in [0.05, 0.1) is 12.8 Å². The van der Waals surface area contributed by atoms with Crippen LogP contribution in [0, 0.1) is 12.3 Å². The van der Waals surface area contributed by atoms with Crippen molar-refractivity contribution in [2.75, 3.05) is 19.0 Å². The van der Waals surface area contributed by atoms with Gasteiger partial charge in [-0.25, -0.2) is 4.79 Å². The number of carbonyl (C=O) groups excluding carboxylic acids is 2. The van der Waals surface area contributed by atoms with Crippen LogP contribution in [-0.2, 0) is 20.7 Å². The number of carbonyl (C=O) groups is 2. The number of rotatable bonds is 6. The predicted octanol–water partition coefficient (Wildman–Crippen LogP) is 3.15. The number of anilines is 1. The van der Waals surface area contributed by atoms with E-state index in [1.54, 1.807) is 39.0 Å². The van der Waals surface area contributed by atoms with Crippen molar-refractivity contribution in [1.82, 2.24) is 0 Å². The van der Waals surface area contributed by atoms with Crippen LogP contribution in [0.5, 0.6) is 5.75 Å². The molecule has 0 aliphatic rings. The van der Waals surface area contributed by atoms with Crippen LogP contribution in [0.15, 0.2) is 18.2 Å². The Kier molecular flexibility index (Phi) is 7.12. The summed E-state index contributed by atoms with van der Waals surface area (Å²) >= 11 is 0. The Morgan fingerprint density at radius 2 is 2.00 bits per heavy atom. The van der Waals surface area contributed by atoms with E-state index in [4.69, 9.17) is 15.9 Å². The second-order valence-electron chi connectivity index (χ2n) is 6.01. The molecule has 0 saturated heterocycles. The summed E-state index contributed by atoms with van der Waals surface area (Å²) in [6, 6.07) is 5.14. The minimum Gasteiger partial charge on any atom is -0.481 e. The Bertz CT molecular complexity index is 625. The van der Waals surface area contributed by atoms with Crippen LogP contribution >= 0.6 is 0 Å². The summed E-state index contributed by atoms with van der Waals surface area (Å²) in [6.07, 6.45) is 5.20. The number of methoxy groups -OCH3 is 1. The van der Waals surface area contributed by atoms with Crippen LogP contribution in [0.3, 0.4) is 0 Å². The summed E-state index contributed by atoms with van der Waals surface area (Å²) in [5.41, 5.74) is 0.649. The van der Waals surface area contributed by atoms with Gasteiger partial charge in [0.15, 0.2) is 0 Å². The average Bonchev–Trinajstić information content (AvgIpc) is 2.49. The molecule has 6 heteroatoms. The fourth-order valence-electron chi connectivity index (χ4n) is 1.86. The standard InChI is InChI=1S/C18H23NO5/c1-6-11-23-14-9-7-13(8-10-16(20)22-5)15(12-14)19-17(21)24-18(2,3)4/h1,7,9,12H,8,10-11H2,2-5H3,(H,19,21). The van der Waals surface area contributed by atoms with Crippen molar-refractivity contribution < 1.29 is 23.8 Å². The zero-order chi connectivity index (χ0) is 18.2. The van der Waals surface area contributed by atoms with Crippen molar-refractivity contribution in [3.8, 4) is 18.1 Å². The van der Waals surface area contributed by atoms with Gasteiger partial charge in [-0.3, -0.25) is 10.1 Å². The number of aryl methyl sites for hydroxylation is 1. The lowest BCUT2D eigenvalue weighted by Crippen LogP contribution is -2.27. The second-order valence-corrected chi connectivity index (χ2v) is 6.01. The molecule has 0 radical (unpaired) electrons. The molecule has 1 N–H and O–H groups in total. The van der Waals surface area contributed by atoms with Crippen LogP contribution in [0.25, 0.3) is 0 Å². The lowest BCUT2D eigenvalue weighted by atomic mass is 10.1. The summed E-state index contributed by atoms with van der Waals surface area (Å²) in [5.74, 6) is 2.56. The number of terminal acetylenes is 1. The molecule has 0 bridgehead atoms. The molecule has 0 saturated carbocycles. The molecule has 130 valence electrons. The molecule has 0 aliphatic carbocycles. The third-order valence-electron chi connectivity index (χ3n) is 2.87. The highest BCUT2D eigenvalue weighted by Crippen LogP contribution is 2.25. The summed E-state index contributed by atoms with van der Waals surface area (Å²) in [4.78, 5) is 23.3. The van der Waals surface area contributed by atoms with Gasteiger partial charge in [-0.05, 0) is 38.8 Å². The third kappa shape index (κ3) is 7.05. The Morgan fingerprint density at radius 3 is 2.58 bits per heavy atom. The highest BCUT2D eigenvalue weighted by Gasteiger charge is 2.18. The van der Waals surface area contributed by atoms with Crippen molar-refractivity contribution in [1.29, 1.82) is 0 Å². The SMILES string of the molecule is C#CCOc1ccc(CCC(=O)OC)c(NC(=O)OC(C)(C)C)c1. The first-order valence-electron chi connectivity index (χ1n) is 7.51. The molecule has 24 heavy (non-hydrogen) atoms. The maximum Gasteiger partial charge on any atom is 0.412 e. The van der Waals surface area contributed by atoms with Gasteiger partial charge in [-0.1, -0.05) is 12.0 Å². The van der Waals surface area contributed by atoms with Crippen LogP contribution < -0.4 is 10.1 Å². The van der Waals surface area contributed by atoms with Gasteiger partial charge < -0.3 is 14.2 Å². The van der Waals surface area contributed by atoms with Crippen molar-refractivity contribution >= 4 is 17.7 Å². The van der Waals surface area contributed by atoms with E-state index >= 15 is 0 Å². The van der Waals surface area contributed by atoms with Gasteiger partial charge in [0, 0.05) is 12.5 Å². The summed E-state index contributed by atoms with van der Waals surface area (Å²) < 4.78 is 15.2. The lowest BCUT2D eigenvalue weighted by Gasteiger charge is -2.20. The number of nitrogens with one attached hydrogen (secondary N) is 1. The molecule has 1 rings (SSSR count). The molecule has 1 aromatic rings. The first-order chi connectivity index (χ1) is 11.2. The zero-order valence-corrected chi connectivity index (χ0v) is 14.5. The molecule has 0 atom stereocenters. The molecule has 0 spiro atoms. The van der Waals surface area contributed by atoms with Gasteiger partial charge in [-0.15, -0.1) is 6.42 Å². The highest BCUT2D eigenvalue weighted by atomic mass is 16.6. The second kappa shape index (κ2) is 8.82. The molecule has 1 aromatic carbocycles. The van der Waals surface area contributed by atoms with E-state index < -0.39 is 11.7 Å². The maximum atomic E-state index is 12.0. The first-order valence-corrected chi connectivity index (χ1v) is 7.51. The van der Waals surface area contributed by atoms with E-state index in [1.165, 1.54) is 7.11 Å². The smallest absolute Gasteiger partial charge is 0.412 e. The van der Waals surface area contributed by atoms with Crippen LogP contribution in [0.4, 0.5) is 10.5 Å². The summed E-state index contributed by atoms with van der Waals surface area (Å²) in [7, 11) is 1.33. The molecule has 0 fully saturated rings. The molecule has 0 aliphatic heterocycles.